The van der Waals surface area contributed by atoms with E-state index in [-0.39, 0.29) is 18.0 Å². The maximum atomic E-state index is 12.5. The van der Waals surface area contributed by atoms with Crippen LogP contribution in [0.2, 0.25) is 10.0 Å². The van der Waals surface area contributed by atoms with Crippen LogP contribution in [0.4, 0.5) is 10.5 Å². The number of carbonyl (C=O) groups excluding carboxylic acids is 2. The molecule has 2 heterocycles. The molecular formula is C19H26Cl2N4O3. The van der Waals surface area contributed by atoms with Gasteiger partial charge in [0, 0.05) is 45.0 Å². The largest absolute Gasteiger partial charge is 0.376 e. The van der Waals surface area contributed by atoms with Crippen LogP contribution >= 0.6 is 23.2 Å². The van der Waals surface area contributed by atoms with Gasteiger partial charge in [0.1, 0.15) is 6.04 Å². The van der Waals surface area contributed by atoms with Gasteiger partial charge >= 0.3 is 6.03 Å². The highest BCUT2D eigenvalue weighted by Gasteiger charge is 2.25. The number of hydrogen-bond acceptors (Lipinski definition) is 4. The van der Waals surface area contributed by atoms with Gasteiger partial charge in [0.05, 0.1) is 16.1 Å². The highest BCUT2D eigenvalue weighted by atomic mass is 35.5. The van der Waals surface area contributed by atoms with Crippen molar-refractivity contribution < 1.29 is 14.3 Å². The highest BCUT2D eigenvalue weighted by molar-refractivity contribution is 6.42. The van der Waals surface area contributed by atoms with E-state index in [1.807, 2.05) is 12.1 Å². The van der Waals surface area contributed by atoms with Crippen LogP contribution in [-0.4, -0.2) is 68.3 Å². The molecule has 1 unspecified atom stereocenters. The Morgan fingerprint density at radius 1 is 1.21 bits per heavy atom. The summed E-state index contributed by atoms with van der Waals surface area (Å²) >= 11 is 12.1. The lowest BCUT2D eigenvalue weighted by atomic mass is 10.2. The average Bonchev–Trinajstić information content (AvgIpc) is 3.22. The monoisotopic (exact) mass is 428 g/mol. The number of amides is 3. The second kappa shape index (κ2) is 9.67. The molecule has 7 nitrogen and oxygen atoms in total. The zero-order valence-electron chi connectivity index (χ0n) is 15.9. The van der Waals surface area contributed by atoms with Crippen LogP contribution in [0.25, 0.3) is 0 Å². The number of nitrogens with one attached hydrogen (secondary N) is 2. The maximum Gasteiger partial charge on any atom is 0.318 e. The first-order valence-corrected chi connectivity index (χ1v) is 10.3. The Balaban J connectivity index is 1.42. The van der Waals surface area contributed by atoms with Crippen LogP contribution in [0.5, 0.6) is 0 Å². The third kappa shape index (κ3) is 5.43. The molecule has 2 saturated heterocycles. The summed E-state index contributed by atoms with van der Waals surface area (Å²) in [6, 6.07) is 4.70. The minimum Gasteiger partial charge on any atom is -0.376 e. The molecule has 2 aliphatic heterocycles. The second-order valence-corrected chi connectivity index (χ2v) is 7.94. The number of ether oxygens (including phenoxy) is 1. The van der Waals surface area contributed by atoms with Crippen LogP contribution < -0.4 is 15.5 Å². The molecule has 3 rings (SSSR count). The molecule has 28 heavy (non-hydrogen) atoms. The summed E-state index contributed by atoms with van der Waals surface area (Å²) in [6.07, 6.45) is 2.08. The Hall–Kier alpha value is -1.70. The fourth-order valence-electron chi connectivity index (χ4n) is 3.36. The van der Waals surface area contributed by atoms with Crippen molar-refractivity contribution in [2.24, 2.45) is 0 Å². The van der Waals surface area contributed by atoms with Crippen molar-refractivity contribution in [2.45, 2.75) is 31.9 Å². The Labute approximate surface area is 175 Å². The molecule has 2 aliphatic rings. The van der Waals surface area contributed by atoms with E-state index in [2.05, 4.69) is 15.5 Å². The zero-order chi connectivity index (χ0) is 20.1. The summed E-state index contributed by atoms with van der Waals surface area (Å²) in [4.78, 5) is 28.5. The lowest BCUT2D eigenvalue weighted by Crippen LogP contribution is -2.55. The van der Waals surface area contributed by atoms with Gasteiger partial charge in [0.15, 0.2) is 0 Å². The van der Waals surface area contributed by atoms with Gasteiger partial charge in [0.25, 0.3) is 0 Å². The van der Waals surface area contributed by atoms with E-state index in [1.54, 1.807) is 17.9 Å². The van der Waals surface area contributed by atoms with E-state index in [0.29, 0.717) is 42.8 Å². The van der Waals surface area contributed by atoms with Crippen LogP contribution in [-0.2, 0) is 9.53 Å². The van der Waals surface area contributed by atoms with Gasteiger partial charge in [-0.15, -0.1) is 0 Å². The Bertz CT molecular complexity index is 704. The molecule has 9 heteroatoms. The minimum atomic E-state index is -0.595. The number of halogens is 2. The number of hydrogen-bond donors (Lipinski definition) is 2. The van der Waals surface area contributed by atoms with Gasteiger partial charge < -0.3 is 25.2 Å². The van der Waals surface area contributed by atoms with Crippen molar-refractivity contribution in [3.8, 4) is 0 Å². The average molecular weight is 429 g/mol. The fraction of sp³-hybridized carbons (Fsp3) is 0.579. The molecule has 0 saturated carbocycles. The van der Waals surface area contributed by atoms with Gasteiger partial charge in [-0.25, -0.2) is 4.79 Å². The van der Waals surface area contributed by atoms with Crippen molar-refractivity contribution >= 4 is 40.8 Å². The van der Waals surface area contributed by atoms with E-state index < -0.39 is 6.04 Å². The van der Waals surface area contributed by atoms with Crippen molar-refractivity contribution in [2.75, 3.05) is 44.2 Å². The van der Waals surface area contributed by atoms with Crippen molar-refractivity contribution in [1.82, 2.24) is 15.5 Å². The molecule has 0 radical (unpaired) electrons. The summed E-state index contributed by atoms with van der Waals surface area (Å²) in [5.74, 6) is -0.196. The molecule has 2 fully saturated rings. The van der Waals surface area contributed by atoms with E-state index in [4.69, 9.17) is 27.9 Å². The Kier molecular flexibility index (Phi) is 7.26. The smallest absolute Gasteiger partial charge is 0.318 e. The summed E-state index contributed by atoms with van der Waals surface area (Å²) < 4.78 is 5.49. The van der Waals surface area contributed by atoms with Gasteiger partial charge in [-0.3, -0.25) is 4.79 Å². The van der Waals surface area contributed by atoms with E-state index in [1.165, 1.54) is 0 Å². The first kappa shape index (κ1) is 21.0. The van der Waals surface area contributed by atoms with Gasteiger partial charge in [-0.05, 0) is 38.0 Å². The predicted octanol–water partition coefficient (Wildman–Crippen LogP) is 2.51. The fourth-order valence-corrected chi connectivity index (χ4v) is 3.66. The molecule has 2 atom stereocenters. The van der Waals surface area contributed by atoms with Crippen molar-refractivity contribution in [1.29, 1.82) is 0 Å². The number of nitrogens with zero attached hydrogens (tertiary/aromatic N) is 2. The minimum absolute atomic E-state index is 0.0845. The number of rotatable bonds is 5. The number of benzene rings is 1. The summed E-state index contributed by atoms with van der Waals surface area (Å²) in [5.41, 5.74) is 0.983. The molecule has 2 N–H and O–H groups in total. The third-order valence-corrected chi connectivity index (χ3v) is 5.84. The summed E-state index contributed by atoms with van der Waals surface area (Å²) in [7, 11) is 0. The molecule has 0 aromatic heterocycles. The molecular weight excluding hydrogens is 403 g/mol. The normalized spacial score (nSPS) is 20.8. The number of anilines is 1. The molecule has 0 aliphatic carbocycles. The molecule has 0 bridgehead atoms. The topological polar surface area (TPSA) is 73.9 Å². The van der Waals surface area contributed by atoms with Gasteiger partial charge in [-0.2, -0.15) is 0 Å². The summed E-state index contributed by atoms with van der Waals surface area (Å²) in [5, 5.41) is 6.65. The van der Waals surface area contributed by atoms with Crippen molar-refractivity contribution in [3.63, 3.8) is 0 Å². The quantitative estimate of drug-likeness (QED) is 0.755. The number of piperazine rings is 1. The second-order valence-electron chi connectivity index (χ2n) is 7.12. The van der Waals surface area contributed by atoms with Crippen LogP contribution in [0.3, 0.4) is 0 Å². The lowest BCUT2D eigenvalue weighted by molar-refractivity contribution is -0.123. The predicted molar refractivity (Wildman–Crippen MR) is 110 cm³/mol. The van der Waals surface area contributed by atoms with Gasteiger partial charge in [0.2, 0.25) is 5.91 Å². The molecule has 0 spiro atoms. The molecule has 1 aromatic carbocycles. The van der Waals surface area contributed by atoms with Crippen LogP contribution in [0.15, 0.2) is 18.2 Å². The van der Waals surface area contributed by atoms with E-state index >= 15 is 0 Å². The Morgan fingerprint density at radius 3 is 2.61 bits per heavy atom. The first-order valence-electron chi connectivity index (χ1n) is 9.59. The first-order chi connectivity index (χ1) is 13.4. The SMILES string of the molecule is C[C@H](NC(=O)N1CCN(c2ccc(Cl)c(Cl)c2)CC1)C(=O)NCC1CCCO1. The van der Waals surface area contributed by atoms with Crippen LogP contribution in [0, 0.1) is 0 Å². The molecule has 154 valence electrons. The van der Waals surface area contributed by atoms with Crippen molar-refractivity contribution in [3.05, 3.63) is 28.2 Å². The van der Waals surface area contributed by atoms with Gasteiger partial charge in [-0.1, -0.05) is 23.2 Å². The third-order valence-electron chi connectivity index (χ3n) is 5.10. The Morgan fingerprint density at radius 2 is 1.96 bits per heavy atom. The standard InChI is InChI=1S/C19H26Cl2N4O3/c1-13(18(26)22-12-15-3-2-10-28-15)23-19(27)25-8-6-24(7-9-25)14-4-5-16(20)17(21)11-14/h4-5,11,13,15H,2-3,6-10,12H2,1H3,(H,22,26)(H,23,27)/t13-,15?/m0/s1. The lowest BCUT2D eigenvalue weighted by Gasteiger charge is -2.36. The molecule has 1 aromatic rings. The number of urea groups is 1. The maximum absolute atomic E-state index is 12.5. The van der Waals surface area contributed by atoms with E-state index in [0.717, 1.165) is 25.1 Å². The van der Waals surface area contributed by atoms with Crippen LogP contribution in [0.1, 0.15) is 19.8 Å². The van der Waals surface area contributed by atoms with E-state index in [9.17, 15) is 9.59 Å². The zero-order valence-corrected chi connectivity index (χ0v) is 17.4. The molecule has 3 amide bonds. The number of carbonyl (C=O) groups is 2. The summed E-state index contributed by atoms with van der Waals surface area (Å²) in [6.45, 7) is 5.43. The highest BCUT2D eigenvalue weighted by Crippen LogP contribution is 2.27.